The smallest absolute Gasteiger partial charge is 0.242 e. The van der Waals surface area contributed by atoms with Gasteiger partial charge in [-0.15, -0.1) is 10.2 Å². The molecule has 0 aliphatic rings. The van der Waals surface area contributed by atoms with E-state index in [1.165, 1.54) is 36.0 Å². The number of rotatable bonds is 6. The number of anilines is 1. The fraction of sp³-hybridized carbons (Fsp3) is 0.0870. The van der Waals surface area contributed by atoms with Gasteiger partial charge in [-0.1, -0.05) is 60.3 Å². The molecule has 0 saturated heterocycles. The maximum Gasteiger partial charge on any atom is 0.242 e. The van der Waals surface area contributed by atoms with Crippen LogP contribution in [0.4, 0.5) is 10.1 Å². The Morgan fingerprint density at radius 3 is 2.43 bits per heavy atom. The highest BCUT2D eigenvalue weighted by Gasteiger charge is 2.25. The lowest BCUT2D eigenvalue weighted by atomic mass is 10.1. The van der Waals surface area contributed by atoms with Gasteiger partial charge in [0.25, 0.3) is 0 Å². The second-order valence-electron chi connectivity index (χ2n) is 6.67. The normalized spacial score (nSPS) is 11.8. The number of hydrogen-bond acceptors (Lipinski definition) is 4. The minimum Gasteiger partial charge on any atom is -0.325 e. The van der Waals surface area contributed by atoms with E-state index in [0.29, 0.717) is 10.8 Å². The fourth-order valence-electron chi connectivity index (χ4n) is 3.05. The van der Waals surface area contributed by atoms with E-state index in [4.69, 9.17) is 0 Å². The Morgan fingerprint density at radius 1 is 1.00 bits per heavy atom. The van der Waals surface area contributed by atoms with Crippen molar-refractivity contribution in [2.75, 3.05) is 5.32 Å². The van der Waals surface area contributed by atoms with Crippen LogP contribution in [0, 0.1) is 12.7 Å². The zero-order chi connectivity index (χ0) is 20.9. The first-order valence-corrected chi connectivity index (χ1v) is 10.2. The predicted octanol–water partition coefficient (Wildman–Crippen LogP) is 5.19. The molecule has 150 valence electrons. The zero-order valence-corrected chi connectivity index (χ0v) is 17.0. The number of amides is 1. The van der Waals surface area contributed by atoms with E-state index in [9.17, 15) is 9.18 Å². The molecule has 0 spiro atoms. The molecule has 5 nitrogen and oxygen atoms in total. The molecule has 1 atom stereocenters. The van der Waals surface area contributed by atoms with Crippen molar-refractivity contribution in [3.63, 3.8) is 0 Å². The number of nitrogens with zero attached hydrogens (tertiary/aromatic N) is 3. The molecule has 3 aromatic carbocycles. The summed E-state index contributed by atoms with van der Waals surface area (Å²) in [4.78, 5) is 13.2. The molecule has 0 fully saturated rings. The van der Waals surface area contributed by atoms with E-state index in [-0.39, 0.29) is 11.7 Å². The lowest BCUT2D eigenvalue weighted by molar-refractivity contribution is -0.115. The highest BCUT2D eigenvalue weighted by atomic mass is 32.2. The number of thioether (sulfide) groups is 1. The highest BCUT2D eigenvalue weighted by molar-refractivity contribution is 8.00. The van der Waals surface area contributed by atoms with Crippen molar-refractivity contribution in [3.05, 3.63) is 102 Å². The standard InChI is InChI=1S/C23H19FN4OS/c1-16-7-5-6-10-20(16)28-15-25-27-23(28)30-21(17-8-3-2-4-9-17)22(29)26-19-13-11-18(24)12-14-19/h2-15,21H,1H3,(H,26,29). The van der Waals surface area contributed by atoms with Crippen LogP contribution in [0.3, 0.4) is 0 Å². The molecule has 0 radical (unpaired) electrons. The summed E-state index contributed by atoms with van der Waals surface area (Å²) in [6.07, 6.45) is 1.64. The Morgan fingerprint density at radius 2 is 1.70 bits per heavy atom. The summed E-state index contributed by atoms with van der Waals surface area (Å²) in [7, 11) is 0. The maximum atomic E-state index is 13.2. The molecular weight excluding hydrogens is 399 g/mol. The van der Waals surface area contributed by atoms with Gasteiger partial charge >= 0.3 is 0 Å². The van der Waals surface area contributed by atoms with Crippen molar-refractivity contribution in [1.82, 2.24) is 14.8 Å². The minimum absolute atomic E-state index is 0.225. The average Bonchev–Trinajstić information content (AvgIpc) is 3.22. The van der Waals surface area contributed by atoms with Crippen LogP contribution in [-0.2, 0) is 4.79 Å². The van der Waals surface area contributed by atoms with Crippen LogP contribution in [0.1, 0.15) is 16.4 Å². The van der Waals surface area contributed by atoms with Gasteiger partial charge in [-0.3, -0.25) is 9.36 Å². The topological polar surface area (TPSA) is 59.8 Å². The van der Waals surface area contributed by atoms with Crippen LogP contribution in [0.25, 0.3) is 5.69 Å². The summed E-state index contributed by atoms with van der Waals surface area (Å²) < 4.78 is 15.1. The summed E-state index contributed by atoms with van der Waals surface area (Å²) in [6, 6.07) is 23.1. The van der Waals surface area contributed by atoms with Gasteiger partial charge in [0.05, 0.1) is 5.69 Å². The predicted molar refractivity (Wildman–Crippen MR) is 116 cm³/mol. The van der Waals surface area contributed by atoms with Crippen molar-refractivity contribution in [1.29, 1.82) is 0 Å². The molecule has 30 heavy (non-hydrogen) atoms. The summed E-state index contributed by atoms with van der Waals surface area (Å²) >= 11 is 1.31. The van der Waals surface area contributed by atoms with Gasteiger partial charge in [0.2, 0.25) is 5.91 Å². The fourth-order valence-corrected chi connectivity index (χ4v) is 4.07. The Balaban J connectivity index is 1.65. The molecule has 0 aliphatic heterocycles. The van der Waals surface area contributed by atoms with E-state index in [1.807, 2.05) is 66.1 Å². The average molecular weight is 418 g/mol. The molecule has 1 heterocycles. The summed E-state index contributed by atoms with van der Waals surface area (Å²) in [5.41, 5.74) is 3.40. The van der Waals surface area contributed by atoms with E-state index in [1.54, 1.807) is 6.33 Å². The van der Waals surface area contributed by atoms with Crippen LogP contribution in [0.5, 0.6) is 0 Å². The number of carbonyl (C=O) groups excluding carboxylic acids is 1. The maximum absolute atomic E-state index is 13.2. The Hall–Kier alpha value is -3.45. The van der Waals surface area contributed by atoms with Crippen molar-refractivity contribution in [2.45, 2.75) is 17.3 Å². The number of halogens is 1. The largest absolute Gasteiger partial charge is 0.325 e. The first-order valence-electron chi connectivity index (χ1n) is 9.36. The van der Waals surface area contributed by atoms with Crippen LogP contribution >= 0.6 is 11.8 Å². The first-order chi connectivity index (χ1) is 14.6. The van der Waals surface area contributed by atoms with Crippen LogP contribution in [0.15, 0.2) is 90.3 Å². The van der Waals surface area contributed by atoms with Crippen LogP contribution in [-0.4, -0.2) is 20.7 Å². The van der Waals surface area contributed by atoms with Crippen molar-refractivity contribution in [2.24, 2.45) is 0 Å². The third-order valence-corrected chi connectivity index (χ3v) is 5.78. The molecule has 0 bridgehead atoms. The summed E-state index contributed by atoms with van der Waals surface area (Å²) in [5, 5.41) is 11.2. The third kappa shape index (κ3) is 4.41. The van der Waals surface area contributed by atoms with Gasteiger partial charge in [0, 0.05) is 5.69 Å². The molecule has 1 aromatic heterocycles. The van der Waals surface area contributed by atoms with E-state index in [0.717, 1.165) is 16.8 Å². The number of aryl methyl sites for hydroxylation is 1. The molecule has 7 heteroatoms. The molecular formula is C23H19FN4OS. The highest BCUT2D eigenvalue weighted by Crippen LogP contribution is 2.36. The second kappa shape index (κ2) is 8.92. The minimum atomic E-state index is -0.566. The van der Waals surface area contributed by atoms with Crippen molar-refractivity contribution >= 4 is 23.4 Å². The van der Waals surface area contributed by atoms with Crippen molar-refractivity contribution in [3.8, 4) is 5.69 Å². The van der Waals surface area contributed by atoms with Gasteiger partial charge < -0.3 is 5.32 Å². The Labute approximate surface area is 178 Å². The second-order valence-corrected chi connectivity index (χ2v) is 7.75. The lowest BCUT2D eigenvalue weighted by Gasteiger charge is -2.17. The van der Waals surface area contributed by atoms with Gasteiger partial charge in [-0.05, 0) is 48.4 Å². The van der Waals surface area contributed by atoms with E-state index < -0.39 is 5.25 Å². The molecule has 1 amide bonds. The molecule has 4 aromatic rings. The number of carbonyl (C=O) groups is 1. The van der Waals surface area contributed by atoms with Crippen molar-refractivity contribution < 1.29 is 9.18 Å². The monoisotopic (exact) mass is 418 g/mol. The van der Waals surface area contributed by atoms with Gasteiger partial charge in [-0.25, -0.2) is 4.39 Å². The van der Waals surface area contributed by atoms with Crippen LogP contribution in [0.2, 0.25) is 0 Å². The van der Waals surface area contributed by atoms with E-state index in [2.05, 4.69) is 15.5 Å². The molecule has 4 rings (SSSR count). The molecule has 0 aliphatic carbocycles. The third-order valence-electron chi connectivity index (χ3n) is 4.57. The quantitative estimate of drug-likeness (QED) is 0.438. The number of nitrogens with one attached hydrogen (secondary N) is 1. The van der Waals surface area contributed by atoms with E-state index >= 15 is 0 Å². The van der Waals surface area contributed by atoms with Crippen LogP contribution < -0.4 is 5.32 Å². The summed E-state index contributed by atoms with van der Waals surface area (Å²) in [6.45, 7) is 2.01. The first kappa shape index (κ1) is 19.8. The van der Waals surface area contributed by atoms with Gasteiger partial charge in [0.1, 0.15) is 17.4 Å². The van der Waals surface area contributed by atoms with Gasteiger partial charge in [-0.2, -0.15) is 0 Å². The Kier molecular flexibility index (Phi) is 5.90. The number of benzene rings is 3. The number of para-hydroxylation sites is 1. The molecule has 0 saturated carbocycles. The number of aromatic nitrogens is 3. The Bertz CT molecular complexity index is 1150. The lowest BCUT2D eigenvalue weighted by Crippen LogP contribution is -2.19. The SMILES string of the molecule is Cc1ccccc1-n1cnnc1SC(C(=O)Nc1ccc(F)cc1)c1ccccc1. The molecule has 1 N–H and O–H groups in total. The zero-order valence-electron chi connectivity index (χ0n) is 16.2. The molecule has 1 unspecified atom stereocenters. The van der Waals surface area contributed by atoms with Gasteiger partial charge in [0.15, 0.2) is 5.16 Å². The summed E-state index contributed by atoms with van der Waals surface area (Å²) in [5.74, 6) is -0.578. The number of hydrogen-bond donors (Lipinski definition) is 1.